The van der Waals surface area contributed by atoms with Crippen molar-refractivity contribution in [3.8, 4) is 46.3 Å². The number of nitrogens with two attached hydrogens (primary N) is 5. The highest BCUT2D eigenvalue weighted by Gasteiger charge is 2.30. The van der Waals surface area contributed by atoms with E-state index in [9.17, 15) is 9.59 Å². The normalized spacial score (nSPS) is 12.6. The number of amides is 1. The molecule has 58 heavy (non-hydrogen) atoms. The highest BCUT2D eigenvalue weighted by Crippen LogP contribution is 2.34. The molecule has 0 aliphatic rings. The minimum Gasteiger partial charge on any atom is -0.464 e. The molecule has 0 saturated carbocycles. The minimum atomic E-state index is -0.712. The maximum absolute atomic E-state index is 13.7. The van der Waals surface area contributed by atoms with E-state index in [1.807, 2.05) is 0 Å². The Bertz CT molecular complexity index is 2300. The molecule has 1 amide bonds. The molecular weight excluding hydrogens is 756 g/mol. The van der Waals surface area contributed by atoms with Gasteiger partial charge in [0.25, 0.3) is 5.91 Å². The second kappa shape index (κ2) is 19.0. The monoisotopic (exact) mass is 804 g/mol. The summed E-state index contributed by atoms with van der Waals surface area (Å²) in [6, 6.07) is -1.13. The maximum atomic E-state index is 13.7. The number of carbonyl (C=O) groups is 2. The summed E-state index contributed by atoms with van der Waals surface area (Å²) in [6.07, 6.45) is 7.05. The fourth-order valence-electron chi connectivity index (χ4n) is 6.06. The van der Waals surface area contributed by atoms with Gasteiger partial charge in [0.05, 0.1) is 13.2 Å². The van der Waals surface area contributed by atoms with Crippen LogP contribution in [-0.4, -0.2) is 75.1 Å². The van der Waals surface area contributed by atoms with E-state index in [0.29, 0.717) is 79.8 Å². The van der Waals surface area contributed by atoms with E-state index in [-0.39, 0.29) is 77.4 Å². The molecule has 0 fully saturated rings. The van der Waals surface area contributed by atoms with Crippen molar-refractivity contribution in [1.82, 2.24) is 35.2 Å². The van der Waals surface area contributed by atoms with Crippen molar-refractivity contribution < 1.29 is 40.8 Å². The molecular formula is C37H48N12O9. The molecule has 6 rings (SSSR count). The van der Waals surface area contributed by atoms with Crippen LogP contribution in [0.4, 0.5) is 0 Å². The van der Waals surface area contributed by atoms with Gasteiger partial charge in [0, 0.05) is 12.8 Å². The third kappa shape index (κ3) is 9.24. The van der Waals surface area contributed by atoms with E-state index in [1.165, 1.54) is 13.4 Å². The zero-order chi connectivity index (χ0) is 41.3. The second-order valence-electron chi connectivity index (χ2n) is 13.3. The first-order valence-electron chi connectivity index (χ1n) is 18.9. The van der Waals surface area contributed by atoms with Crippen molar-refractivity contribution in [1.29, 1.82) is 0 Å². The van der Waals surface area contributed by atoms with E-state index in [4.69, 9.17) is 59.9 Å². The molecule has 6 aromatic heterocycles. The number of rotatable bonds is 21. The van der Waals surface area contributed by atoms with Crippen LogP contribution in [0.25, 0.3) is 46.3 Å². The number of carbonyl (C=O) groups excluding carboxylic acids is 2. The number of methoxy groups -OCH3 is 1. The highest BCUT2D eigenvalue weighted by molar-refractivity contribution is 5.92. The molecule has 0 saturated heterocycles. The van der Waals surface area contributed by atoms with Crippen LogP contribution in [0.2, 0.25) is 0 Å². The highest BCUT2D eigenvalue weighted by atomic mass is 16.5. The summed E-state index contributed by atoms with van der Waals surface area (Å²) in [4.78, 5) is 52.8. The van der Waals surface area contributed by atoms with Crippen LogP contribution >= 0.6 is 0 Å². The molecule has 0 unspecified atom stereocenters. The first-order chi connectivity index (χ1) is 28.1. The van der Waals surface area contributed by atoms with Crippen LogP contribution in [0.15, 0.2) is 39.0 Å². The van der Waals surface area contributed by atoms with E-state index in [2.05, 4.69) is 35.2 Å². The Morgan fingerprint density at radius 1 is 0.638 bits per heavy atom. The molecule has 0 spiro atoms. The first kappa shape index (κ1) is 41.6. The Hall–Kier alpha value is -6.00. The average Bonchev–Trinajstić information content (AvgIpc) is 4.07. The lowest BCUT2D eigenvalue weighted by Gasteiger charge is -2.14. The van der Waals surface area contributed by atoms with Crippen molar-refractivity contribution in [2.24, 2.45) is 28.7 Å². The van der Waals surface area contributed by atoms with Gasteiger partial charge < -0.3 is 65.2 Å². The Morgan fingerprint density at radius 2 is 1.16 bits per heavy atom. The van der Waals surface area contributed by atoms with E-state index < -0.39 is 24.0 Å². The van der Waals surface area contributed by atoms with Gasteiger partial charge in [-0.15, -0.1) is 0 Å². The molecule has 0 aromatic carbocycles. The number of nitrogens with zero attached hydrogens (tertiary/aromatic N) is 6. The first-order valence-corrected chi connectivity index (χ1v) is 18.9. The third-order valence-electron chi connectivity index (χ3n) is 9.05. The molecule has 11 N–H and O–H groups in total. The van der Waals surface area contributed by atoms with Crippen LogP contribution in [-0.2, 0) is 17.6 Å². The van der Waals surface area contributed by atoms with Gasteiger partial charge in [0.1, 0.15) is 41.6 Å². The minimum absolute atomic E-state index is 0.0324. The molecule has 6 aromatic rings. The molecule has 6 heterocycles. The molecule has 21 heteroatoms. The summed E-state index contributed by atoms with van der Waals surface area (Å²) in [5.41, 5.74) is 30.5. The molecule has 0 bridgehead atoms. The number of hydrogen-bond donors (Lipinski definition) is 6. The zero-order valence-corrected chi connectivity index (χ0v) is 32.5. The maximum Gasteiger partial charge on any atom is 0.360 e. The van der Waals surface area contributed by atoms with Gasteiger partial charge in [-0.05, 0) is 72.1 Å². The quantitative estimate of drug-likeness (QED) is 0.0448. The summed E-state index contributed by atoms with van der Waals surface area (Å²) >= 11 is 0. The number of ether oxygens (including phenoxy) is 1. The van der Waals surface area contributed by atoms with Gasteiger partial charge in [-0.2, -0.15) is 0 Å². The number of hydrogen-bond acceptors (Lipinski definition) is 20. The number of oxazole rings is 6. The van der Waals surface area contributed by atoms with Gasteiger partial charge in [-0.25, -0.2) is 34.7 Å². The summed E-state index contributed by atoms with van der Waals surface area (Å²) in [6.45, 7) is 4.92. The lowest BCUT2D eigenvalue weighted by atomic mass is 10.1. The van der Waals surface area contributed by atoms with Crippen LogP contribution in [0.1, 0.15) is 106 Å². The zero-order valence-electron chi connectivity index (χ0n) is 32.5. The molecule has 310 valence electrons. The largest absolute Gasteiger partial charge is 0.464 e. The van der Waals surface area contributed by atoms with Gasteiger partial charge >= 0.3 is 5.97 Å². The van der Waals surface area contributed by atoms with E-state index in [1.54, 1.807) is 13.8 Å². The number of unbranched alkanes of at least 4 members (excludes halogenated alkanes) is 2. The van der Waals surface area contributed by atoms with Crippen LogP contribution in [0.3, 0.4) is 0 Å². The Kier molecular flexibility index (Phi) is 13.6. The van der Waals surface area contributed by atoms with Crippen LogP contribution in [0, 0.1) is 13.8 Å². The Balaban J connectivity index is 1.24. The molecule has 0 radical (unpaired) electrons. The summed E-state index contributed by atoms with van der Waals surface area (Å²) in [7, 11) is 1.24. The van der Waals surface area contributed by atoms with Crippen molar-refractivity contribution in [2.75, 3.05) is 33.3 Å². The van der Waals surface area contributed by atoms with Crippen molar-refractivity contribution in [2.45, 2.75) is 77.3 Å². The predicted molar refractivity (Wildman–Crippen MR) is 204 cm³/mol. The summed E-state index contributed by atoms with van der Waals surface area (Å²) in [5, 5.41) is 2.96. The Morgan fingerprint density at radius 3 is 1.71 bits per heavy atom. The van der Waals surface area contributed by atoms with E-state index in [0.717, 1.165) is 19.1 Å². The average molecular weight is 805 g/mol. The fourth-order valence-corrected chi connectivity index (χ4v) is 6.06. The SMILES string of the molecule is COC(=O)c1coc(-c2nc(-c3nc([C@H](CCCCN)NC(=O)c4coc(-c5nc(-c6nc([C@@H](N)CCCCN)oc6C)oc5CCN)n4)oc3C)oc2CCN)n1. The van der Waals surface area contributed by atoms with Gasteiger partial charge in [-0.1, -0.05) is 6.42 Å². The molecule has 2 atom stereocenters. The van der Waals surface area contributed by atoms with Gasteiger partial charge in [0.2, 0.25) is 35.3 Å². The molecule has 0 aliphatic heterocycles. The number of aryl methyl sites for hydroxylation is 2. The van der Waals surface area contributed by atoms with Crippen molar-refractivity contribution in [3.63, 3.8) is 0 Å². The van der Waals surface area contributed by atoms with Gasteiger partial charge in [-0.3, -0.25) is 4.79 Å². The topological polar surface area (TPSA) is 342 Å². The van der Waals surface area contributed by atoms with Crippen LogP contribution < -0.4 is 34.0 Å². The van der Waals surface area contributed by atoms with Crippen LogP contribution in [0.5, 0.6) is 0 Å². The van der Waals surface area contributed by atoms with Crippen molar-refractivity contribution in [3.05, 3.63) is 58.7 Å². The van der Waals surface area contributed by atoms with Gasteiger partial charge in [0.15, 0.2) is 34.2 Å². The lowest BCUT2D eigenvalue weighted by Crippen LogP contribution is -2.29. The number of esters is 1. The molecule has 0 aliphatic carbocycles. The smallest absolute Gasteiger partial charge is 0.360 e. The fraction of sp³-hybridized carbons (Fsp3) is 0.459. The van der Waals surface area contributed by atoms with Crippen molar-refractivity contribution >= 4 is 11.9 Å². The summed E-state index contributed by atoms with van der Waals surface area (Å²) < 4.78 is 40.1. The third-order valence-corrected chi connectivity index (χ3v) is 9.05. The predicted octanol–water partition coefficient (Wildman–Crippen LogP) is 3.42. The number of aromatic nitrogens is 6. The summed E-state index contributed by atoms with van der Waals surface area (Å²) in [5.74, 6) is 1.23. The Labute approximate surface area is 331 Å². The second-order valence-corrected chi connectivity index (χ2v) is 13.3. The van der Waals surface area contributed by atoms with E-state index >= 15 is 0 Å². The molecule has 21 nitrogen and oxygen atoms in total. The lowest BCUT2D eigenvalue weighted by molar-refractivity contribution is 0.0593. The standard InChI is InChI=1S/C37H48N12O9/c1-18-26(46-31(55-18)20(42)8-4-6-12-38)35-48-28(24(57-35)10-14-40)33-44-22(16-53-33)30(50)43-21(9-5-7-13-39)32-47-27(19(2)56-32)36-49-29(25(58-36)11-15-41)34-45-23(17-54-34)37(51)52-3/h16-17,20-21H,4-15,38-42H2,1-3H3,(H,43,50)/t20-,21-/m0/s1. The number of nitrogens with one attached hydrogen (secondary N) is 1.